The van der Waals surface area contributed by atoms with Gasteiger partial charge >= 0.3 is 0 Å². The molecule has 2 saturated heterocycles. The van der Waals surface area contributed by atoms with E-state index in [1.807, 2.05) is 0 Å². The number of aliphatic hydroxyl groups is 1. The molecule has 2 N–H and O–H groups in total. The van der Waals surface area contributed by atoms with E-state index < -0.39 is 0 Å². The van der Waals surface area contributed by atoms with Crippen molar-refractivity contribution in [2.24, 2.45) is 5.41 Å². The number of hydrogen-bond donors (Lipinski definition) is 2. The first-order chi connectivity index (χ1) is 4.87. The molecule has 3 heteroatoms. The van der Waals surface area contributed by atoms with E-state index >= 15 is 0 Å². The molecule has 2 heterocycles. The SMILES string of the molecule is OCC1NCCC12COC2. The standard InChI is InChI=1S/C7H13NO2/c9-3-6-7(1-2-8-6)4-10-5-7/h6,8-9H,1-5H2. The van der Waals surface area contributed by atoms with Gasteiger partial charge in [-0.2, -0.15) is 0 Å². The lowest BCUT2D eigenvalue weighted by Gasteiger charge is -2.41. The van der Waals surface area contributed by atoms with Crippen LogP contribution in [0.2, 0.25) is 0 Å². The summed E-state index contributed by atoms with van der Waals surface area (Å²) in [7, 11) is 0. The zero-order chi connectivity index (χ0) is 7.03. The van der Waals surface area contributed by atoms with Gasteiger partial charge in [-0.25, -0.2) is 0 Å². The summed E-state index contributed by atoms with van der Waals surface area (Å²) < 4.78 is 5.14. The highest BCUT2D eigenvalue weighted by Gasteiger charge is 2.48. The minimum atomic E-state index is 0.253. The average molecular weight is 143 g/mol. The molecule has 0 amide bonds. The third-order valence-electron chi connectivity index (χ3n) is 2.71. The fraction of sp³-hybridized carbons (Fsp3) is 1.00. The molecule has 10 heavy (non-hydrogen) atoms. The maximum atomic E-state index is 8.95. The van der Waals surface area contributed by atoms with E-state index in [1.54, 1.807) is 0 Å². The minimum absolute atomic E-state index is 0.253. The van der Waals surface area contributed by atoms with Gasteiger partial charge in [-0.1, -0.05) is 0 Å². The molecule has 58 valence electrons. The highest BCUT2D eigenvalue weighted by Crippen LogP contribution is 2.38. The van der Waals surface area contributed by atoms with Gasteiger partial charge in [-0.05, 0) is 13.0 Å². The van der Waals surface area contributed by atoms with Crippen molar-refractivity contribution in [3.8, 4) is 0 Å². The van der Waals surface area contributed by atoms with Crippen molar-refractivity contribution in [1.82, 2.24) is 5.32 Å². The van der Waals surface area contributed by atoms with E-state index in [1.165, 1.54) is 0 Å². The highest BCUT2D eigenvalue weighted by atomic mass is 16.5. The van der Waals surface area contributed by atoms with Crippen LogP contribution in [-0.4, -0.2) is 37.5 Å². The molecule has 0 aromatic heterocycles. The molecular formula is C7H13NO2. The summed E-state index contributed by atoms with van der Waals surface area (Å²) in [5.41, 5.74) is 0.300. The lowest BCUT2D eigenvalue weighted by molar-refractivity contribution is -0.124. The Morgan fingerprint density at radius 2 is 2.40 bits per heavy atom. The van der Waals surface area contributed by atoms with Gasteiger partial charge in [0.25, 0.3) is 0 Å². The molecule has 1 unspecified atom stereocenters. The Kier molecular flexibility index (Phi) is 1.44. The molecule has 2 fully saturated rings. The van der Waals surface area contributed by atoms with Crippen molar-refractivity contribution in [2.45, 2.75) is 12.5 Å². The van der Waals surface area contributed by atoms with Crippen LogP contribution in [0, 0.1) is 5.41 Å². The molecule has 0 aromatic carbocycles. The largest absolute Gasteiger partial charge is 0.395 e. The first-order valence-electron chi connectivity index (χ1n) is 3.79. The molecule has 0 aromatic rings. The summed E-state index contributed by atoms with van der Waals surface area (Å²) >= 11 is 0. The van der Waals surface area contributed by atoms with Crippen LogP contribution >= 0.6 is 0 Å². The maximum Gasteiger partial charge on any atom is 0.0591 e. The molecule has 0 bridgehead atoms. The number of nitrogens with one attached hydrogen (secondary N) is 1. The fourth-order valence-electron chi connectivity index (χ4n) is 1.85. The summed E-state index contributed by atoms with van der Waals surface area (Å²) in [5, 5.41) is 12.2. The van der Waals surface area contributed by atoms with E-state index in [-0.39, 0.29) is 6.61 Å². The zero-order valence-electron chi connectivity index (χ0n) is 5.97. The normalized spacial score (nSPS) is 36.3. The van der Waals surface area contributed by atoms with Gasteiger partial charge in [-0.3, -0.25) is 0 Å². The summed E-state index contributed by atoms with van der Waals surface area (Å²) in [5.74, 6) is 0. The number of hydrogen-bond acceptors (Lipinski definition) is 3. The summed E-state index contributed by atoms with van der Waals surface area (Å²) in [6.45, 7) is 2.97. The lowest BCUT2D eigenvalue weighted by atomic mass is 9.79. The third-order valence-corrected chi connectivity index (χ3v) is 2.71. The van der Waals surface area contributed by atoms with Crippen LogP contribution in [0.1, 0.15) is 6.42 Å². The van der Waals surface area contributed by atoms with Crippen molar-refractivity contribution in [3.63, 3.8) is 0 Å². The second-order valence-electron chi connectivity index (χ2n) is 3.29. The second kappa shape index (κ2) is 2.19. The Bertz CT molecular complexity index is 134. The molecule has 0 aliphatic carbocycles. The highest BCUT2D eigenvalue weighted by molar-refractivity contribution is 5.00. The summed E-state index contributed by atoms with van der Waals surface area (Å²) in [6, 6.07) is 0.293. The molecule has 2 rings (SSSR count). The predicted octanol–water partition coefficient (Wildman–Crippen LogP) is -0.643. The smallest absolute Gasteiger partial charge is 0.0591 e. The quantitative estimate of drug-likeness (QED) is 0.513. The first kappa shape index (κ1) is 6.58. The Hall–Kier alpha value is -0.120. The Balaban J connectivity index is 2.05. The van der Waals surface area contributed by atoms with Gasteiger partial charge in [0.15, 0.2) is 0 Å². The summed E-state index contributed by atoms with van der Waals surface area (Å²) in [4.78, 5) is 0. The zero-order valence-corrected chi connectivity index (χ0v) is 5.97. The molecule has 1 atom stereocenters. The minimum Gasteiger partial charge on any atom is -0.395 e. The van der Waals surface area contributed by atoms with Gasteiger partial charge in [0.2, 0.25) is 0 Å². The molecule has 3 nitrogen and oxygen atoms in total. The average Bonchev–Trinajstić information content (AvgIpc) is 2.27. The third kappa shape index (κ3) is 0.713. The van der Waals surface area contributed by atoms with Crippen LogP contribution in [0.4, 0.5) is 0 Å². The fourth-order valence-corrected chi connectivity index (χ4v) is 1.85. The Labute approximate surface area is 60.4 Å². The van der Waals surface area contributed by atoms with E-state index in [2.05, 4.69) is 5.32 Å². The van der Waals surface area contributed by atoms with Crippen molar-refractivity contribution >= 4 is 0 Å². The predicted molar refractivity (Wildman–Crippen MR) is 36.7 cm³/mol. The van der Waals surface area contributed by atoms with Gasteiger partial charge in [0, 0.05) is 11.5 Å². The number of rotatable bonds is 1. The van der Waals surface area contributed by atoms with Crippen molar-refractivity contribution in [3.05, 3.63) is 0 Å². The molecule has 0 radical (unpaired) electrons. The van der Waals surface area contributed by atoms with Crippen LogP contribution in [0.5, 0.6) is 0 Å². The molecule has 2 aliphatic rings. The molecular weight excluding hydrogens is 130 g/mol. The second-order valence-corrected chi connectivity index (χ2v) is 3.29. The monoisotopic (exact) mass is 143 g/mol. The van der Waals surface area contributed by atoms with E-state index in [4.69, 9.17) is 9.84 Å². The van der Waals surface area contributed by atoms with Gasteiger partial charge in [0.1, 0.15) is 0 Å². The number of ether oxygens (including phenoxy) is 1. The van der Waals surface area contributed by atoms with Crippen LogP contribution in [0.15, 0.2) is 0 Å². The van der Waals surface area contributed by atoms with E-state index in [0.29, 0.717) is 11.5 Å². The van der Waals surface area contributed by atoms with Crippen molar-refractivity contribution in [2.75, 3.05) is 26.4 Å². The summed E-state index contributed by atoms with van der Waals surface area (Å²) in [6.07, 6.45) is 1.16. The molecule has 1 spiro atoms. The Morgan fingerprint density at radius 1 is 1.60 bits per heavy atom. The van der Waals surface area contributed by atoms with Gasteiger partial charge in [-0.15, -0.1) is 0 Å². The van der Waals surface area contributed by atoms with E-state index in [0.717, 1.165) is 26.2 Å². The van der Waals surface area contributed by atoms with Crippen LogP contribution in [0.25, 0.3) is 0 Å². The van der Waals surface area contributed by atoms with Crippen LogP contribution in [0.3, 0.4) is 0 Å². The van der Waals surface area contributed by atoms with Crippen molar-refractivity contribution < 1.29 is 9.84 Å². The first-order valence-corrected chi connectivity index (χ1v) is 3.79. The van der Waals surface area contributed by atoms with Gasteiger partial charge in [0.05, 0.1) is 19.8 Å². The van der Waals surface area contributed by atoms with Crippen molar-refractivity contribution in [1.29, 1.82) is 0 Å². The maximum absolute atomic E-state index is 8.95. The molecule has 0 saturated carbocycles. The van der Waals surface area contributed by atoms with Crippen LogP contribution < -0.4 is 5.32 Å². The van der Waals surface area contributed by atoms with Gasteiger partial charge < -0.3 is 15.2 Å². The Morgan fingerprint density at radius 3 is 2.80 bits per heavy atom. The van der Waals surface area contributed by atoms with Crippen LogP contribution in [-0.2, 0) is 4.74 Å². The topological polar surface area (TPSA) is 41.5 Å². The molecule has 2 aliphatic heterocycles. The lowest BCUT2D eigenvalue weighted by Crippen LogP contribution is -2.52. The van der Waals surface area contributed by atoms with E-state index in [9.17, 15) is 0 Å². The number of aliphatic hydroxyl groups excluding tert-OH is 1.